The van der Waals surface area contributed by atoms with E-state index in [0.29, 0.717) is 18.7 Å². The minimum absolute atomic E-state index is 0.0917. The summed E-state index contributed by atoms with van der Waals surface area (Å²) in [5.74, 6) is 0.483. The summed E-state index contributed by atoms with van der Waals surface area (Å²) >= 11 is 0. The van der Waals surface area contributed by atoms with Crippen LogP contribution in [0.4, 0.5) is 0 Å². The van der Waals surface area contributed by atoms with Crippen LogP contribution in [0.3, 0.4) is 0 Å². The first-order valence-electron chi connectivity index (χ1n) is 7.02. The Bertz CT molecular complexity index is 496. The molecule has 0 aliphatic carbocycles. The van der Waals surface area contributed by atoms with Gasteiger partial charge in [0.25, 0.3) is 5.91 Å². The van der Waals surface area contributed by atoms with Crippen LogP contribution in [-0.2, 0) is 4.79 Å². The fraction of sp³-hybridized carbons (Fsp3) is 0.643. The molecule has 2 amide bonds. The van der Waals surface area contributed by atoms with Crippen molar-refractivity contribution < 1.29 is 14.1 Å². The topological polar surface area (TPSA) is 75.4 Å². The van der Waals surface area contributed by atoms with E-state index < -0.39 is 6.04 Å². The number of carbonyl (C=O) groups excluding carboxylic acids is 2. The second kappa shape index (κ2) is 6.07. The fourth-order valence-corrected chi connectivity index (χ4v) is 2.28. The maximum atomic E-state index is 12.4. The third kappa shape index (κ3) is 3.00. The highest BCUT2D eigenvalue weighted by atomic mass is 16.5. The zero-order chi connectivity index (χ0) is 14.7. The van der Waals surface area contributed by atoms with Gasteiger partial charge in [-0.2, -0.15) is 0 Å². The minimum Gasteiger partial charge on any atom is -0.360 e. The van der Waals surface area contributed by atoms with Crippen molar-refractivity contribution in [1.29, 1.82) is 0 Å². The van der Waals surface area contributed by atoms with E-state index in [0.717, 1.165) is 12.8 Å². The molecule has 0 radical (unpaired) electrons. The van der Waals surface area contributed by atoms with Crippen molar-refractivity contribution in [1.82, 2.24) is 15.4 Å². The Morgan fingerprint density at radius 3 is 2.90 bits per heavy atom. The molecule has 1 unspecified atom stereocenters. The van der Waals surface area contributed by atoms with Crippen LogP contribution in [0.15, 0.2) is 10.6 Å². The lowest BCUT2D eigenvalue weighted by Gasteiger charge is -2.24. The van der Waals surface area contributed by atoms with Gasteiger partial charge in [-0.15, -0.1) is 0 Å². The van der Waals surface area contributed by atoms with Gasteiger partial charge in [-0.05, 0) is 19.3 Å². The van der Waals surface area contributed by atoms with Gasteiger partial charge in [-0.3, -0.25) is 9.59 Å². The summed E-state index contributed by atoms with van der Waals surface area (Å²) in [6.45, 7) is 4.62. The zero-order valence-electron chi connectivity index (χ0n) is 12.2. The van der Waals surface area contributed by atoms with Crippen molar-refractivity contribution in [2.45, 2.75) is 45.1 Å². The summed E-state index contributed by atoms with van der Waals surface area (Å²) in [7, 11) is 1.64. The Kier molecular flexibility index (Phi) is 4.42. The van der Waals surface area contributed by atoms with Gasteiger partial charge in [0.1, 0.15) is 11.8 Å². The van der Waals surface area contributed by atoms with Crippen LogP contribution in [0.2, 0.25) is 0 Å². The Labute approximate surface area is 118 Å². The van der Waals surface area contributed by atoms with E-state index in [4.69, 9.17) is 4.52 Å². The molecule has 0 aromatic carbocycles. The fourth-order valence-electron chi connectivity index (χ4n) is 2.28. The molecule has 1 N–H and O–H groups in total. The summed E-state index contributed by atoms with van der Waals surface area (Å²) in [6.07, 6.45) is 2.56. The van der Waals surface area contributed by atoms with Crippen molar-refractivity contribution in [2.24, 2.45) is 0 Å². The molecular formula is C14H21N3O3. The predicted molar refractivity (Wildman–Crippen MR) is 73.3 cm³/mol. The molecule has 20 heavy (non-hydrogen) atoms. The number of hydrogen-bond donors (Lipinski definition) is 1. The molecule has 1 aromatic rings. The lowest BCUT2D eigenvalue weighted by molar-refractivity contribution is -0.125. The van der Waals surface area contributed by atoms with Gasteiger partial charge in [-0.1, -0.05) is 19.0 Å². The summed E-state index contributed by atoms with van der Waals surface area (Å²) in [6, 6.07) is 1.22. The van der Waals surface area contributed by atoms with Crippen molar-refractivity contribution in [2.75, 3.05) is 13.6 Å². The standard InChI is InChI=1S/C14H21N3O3/c1-9(2)12-8-10(16-20-12)14(19)17(3)11-6-4-5-7-15-13(11)18/h8-9,11H,4-7H2,1-3H3,(H,15,18). The molecule has 0 spiro atoms. The van der Waals surface area contributed by atoms with Gasteiger partial charge in [0.2, 0.25) is 5.91 Å². The van der Waals surface area contributed by atoms with Gasteiger partial charge in [0.05, 0.1) is 0 Å². The van der Waals surface area contributed by atoms with Crippen LogP contribution in [0.5, 0.6) is 0 Å². The molecular weight excluding hydrogens is 258 g/mol. The van der Waals surface area contributed by atoms with Crippen LogP contribution in [0.1, 0.15) is 55.3 Å². The summed E-state index contributed by atoms with van der Waals surface area (Å²) in [4.78, 5) is 25.8. The van der Waals surface area contributed by atoms with Crippen LogP contribution in [0.25, 0.3) is 0 Å². The molecule has 1 fully saturated rings. The monoisotopic (exact) mass is 279 g/mol. The highest BCUT2D eigenvalue weighted by Gasteiger charge is 2.30. The minimum atomic E-state index is -0.427. The SMILES string of the molecule is CC(C)c1cc(C(=O)N(C)C2CCCCNC2=O)no1. The van der Waals surface area contributed by atoms with Gasteiger partial charge in [-0.25, -0.2) is 0 Å². The third-order valence-electron chi connectivity index (χ3n) is 3.61. The molecule has 0 saturated carbocycles. The Balaban J connectivity index is 2.12. The van der Waals surface area contributed by atoms with Crippen LogP contribution >= 0.6 is 0 Å². The molecule has 6 heteroatoms. The van der Waals surface area contributed by atoms with Crippen molar-refractivity contribution in [3.8, 4) is 0 Å². The highest BCUT2D eigenvalue weighted by molar-refractivity contribution is 5.96. The van der Waals surface area contributed by atoms with Gasteiger partial charge < -0.3 is 14.7 Å². The molecule has 0 bridgehead atoms. The van der Waals surface area contributed by atoms with E-state index in [-0.39, 0.29) is 23.4 Å². The Morgan fingerprint density at radius 1 is 1.50 bits per heavy atom. The number of aromatic nitrogens is 1. The average Bonchev–Trinajstić information content (AvgIpc) is 2.81. The van der Waals surface area contributed by atoms with Crippen LogP contribution in [-0.4, -0.2) is 41.5 Å². The maximum Gasteiger partial charge on any atom is 0.276 e. The molecule has 2 rings (SSSR count). The van der Waals surface area contributed by atoms with Gasteiger partial charge >= 0.3 is 0 Å². The molecule has 1 atom stereocenters. The second-order valence-electron chi connectivity index (χ2n) is 5.49. The molecule has 2 heterocycles. The largest absolute Gasteiger partial charge is 0.360 e. The zero-order valence-corrected chi connectivity index (χ0v) is 12.2. The number of carbonyl (C=O) groups is 2. The van der Waals surface area contributed by atoms with E-state index in [2.05, 4.69) is 10.5 Å². The first-order valence-corrected chi connectivity index (χ1v) is 7.02. The predicted octanol–water partition coefficient (Wildman–Crippen LogP) is 1.54. The molecule has 1 saturated heterocycles. The maximum absolute atomic E-state index is 12.4. The van der Waals surface area contributed by atoms with Crippen molar-refractivity contribution in [3.05, 3.63) is 17.5 Å². The molecule has 6 nitrogen and oxygen atoms in total. The Morgan fingerprint density at radius 2 is 2.25 bits per heavy atom. The summed E-state index contributed by atoms with van der Waals surface area (Å²) < 4.78 is 5.14. The van der Waals surface area contributed by atoms with E-state index in [1.54, 1.807) is 13.1 Å². The van der Waals surface area contributed by atoms with E-state index in [1.807, 2.05) is 13.8 Å². The van der Waals surface area contributed by atoms with Gasteiger partial charge in [0.15, 0.2) is 5.69 Å². The number of rotatable bonds is 3. The molecule has 1 aromatic heterocycles. The van der Waals surface area contributed by atoms with E-state index >= 15 is 0 Å². The number of amides is 2. The van der Waals surface area contributed by atoms with Crippen molar-refractivity contribution in [3.63, 3.8) is 0 Å². The van der Waals surface area contributed by atoms with E-state index in [9.17, 15) is 9.59 Å². The molecule has 1 aliphatic heterocycles. The number of hydrogen-bond acceptors (Lipinski definition) is 4. The first kappa shape index (κ1) is 14.6. The summed E-state index contributed by atoms with van der Waals surface area (Å²) in [5.41, 5.74) is 0.258. The lowest BCUT2D eigenvalue weighted by Crippen LogP contribution is -2.46. The van der Waals surface area contributed by atoms with Crippen LogP contribution in [0, 0.1) is 0 Å². The smallest absolute Gasteiger partial charge is 0.276 e. The lowest BCUT2D eigenvalue weighted by atomic mass is 10.1. The quantitative estimate of drug-likeness (QED) is 0.910. The normalized spacial score (nSPS) is 19.6. The number of likely N-dealkylation sites (N-methyl/N-ethyl adjacent to an activating group) is 1. The third-order valence-corrected chi connectivity index (χ3v) is 3.61. The second-order valence-corrected chi connectivity index (χ2v) is 5.49. The van der Waals surface area contributed by atoms with Gasteiger partial charge in [0, 0.05) is 25.6 Å². The average molecular weight is 279 g/mol. The van der Waals surface area contributed by atoms with Crippen molar-refractivity contribution >= 4 is 11.8 Å². The highest BCUT2D eigenvalue weighted by Crippen LogP contribution is 2.18. The van der Waals surface area contributed by atoms with Crippen LogP contribution < -0.4 is 5.32 Å². The number of nitrogens with zero attached hydrogens (tertiary/aromatic N) is 2. The summed E-state index contributed by atoms with van der Waals surface area (Å²) in [5, 5.41) is 6.63. The number of nitrogens with one attached hydrogen (secondary N) is 1. The first-order chi connectivity index (χ1) is 9.50. The van der Waals surface area contributed by atoms with E-state index in [1.165, 1.54) is 4.90 Å². The Hall–Kier alpha value is -1.85. The molecule has 1 aliphatic rings. The molecule has 110 valence electrons.